The molecule has 0 bridgehead atoms. The Hall–Kier alpha value is -4.89. The van der Waals surface area contributed by atoms with Crippen LogP contribution in [-0.2, 0) is 0 Å². The van der Waals surface area contributed by atoms with Crippen LogP contribution in [0.15, 0.2) is 85.2 Å². The van der Waals surface area contributed by atoms with Crippen LogP contribution in [-0.4, -0.2) is 30.1 Å². The highest BCUT2D eigenvalue weighted by Gasteiger charge is 2.16. The minimum absolute atomic E-state index is 0.159. The van der Waals surface area contributed by atoms with E-state index in [1.165, 1.54) is 18.3 Å². The van der Waals surface area contributed by atoms with Crippen LogP contribution in [0.1, 0.15) is 10.4 Å². The number of hydrogen-bond donors (Lipinski definition) is 2. The van der Waals surface area contributed by atoms with Crippen LogP contribution < -0.4 is 24.8 Å². The molecule has 10 heteroatoms. The minimum atomic E-state index is -0.466. The number of halogens is 2. The third-order valence-electron chi connectivity index (χ3n) is 5.81. The van der Waals surface area contributed by atoms with Gasteiger partial charge in [-0.2, -0.15) is 0 Å². The molecule has 0 aliphatic rings. The predicted molar refractivity (Wildman–Crippen MR) is 148 cm³/mol. The van der Waals surface area contributed by atoms with E-state index in [0.717, 1.165) is 5.39 Å². The van der Waals surface area contributed by atoms with Gasteiger partial charge in [-0.15, -0.1) is 0 Å². The molecule has 0 unspecified atom stereocenters. The van der Waals surface area contributed by atoms with Crippen LogP contribution in [0.4, 0.5) is 21.5 Å². The number of ether oxygens (including phenoxy) is 3. The predicted octanol–water partition coefficient (Wildman–Crippen LogP) is 7.23. The Labute approximate surface area is 228 Å². The number of pyridine rings is 2. The van der Waals surface area contributed by atoms with Crippen LogP contribution in [0, 0.1) is 5.82 Å². The molecule has 0 spiro atoms. The zero-order valence-corrected chi connectivity index (χ0v) is 21.6. The molecule has 2 aromatic heterocycles. The molecule has 8 nitrogen and oxygen atoms in total. The second kappa shape index (κ2) is 11.2. The first-order valence-electron chi connectivity index (χ1n) is 11.7. The van der Waals surface area contributed by atoms with Crippen molar-refractivity contribution in [2.45, 2.75) is 0 Å². The van der Waals surface area contributed by atoms with E-state index >= 15 is 0 Å². The SMILES string of the molecule is COc1cc2nccc(Oc3ccc(NC(=O)c4cnc(Cl)cc4Nc4ccccc4F)cc3)c2cc1OC. The highest BCUT2D eigenvalue weighted by Crippen LogP contribution is 2.37. The van der Waals surface area contributed by atoms with Gasteiger partial charge in [-0.05, 0) is 54.6 Å². The average molecular weight is 545 g/mol. The smallest absolute Gasteiger partial charge is 0.259 e. The number of nitrogens with one attached hydrogen (secondary N) is 2. The molecule has 0 fully saturated rings. The number of para-hydroxylation sites is 1. The number of benzene rings is 3. The Morgan fingerprint density at radius 2 is 1.62 bits per heavy atom. The number of carbonyl (C=O) groups is 1. The fraction of sp³-hybridized carbons (Fsp3) is 0.0690. The number of methoxy groups -OCH3 is 2. The van der Waals surface area contributed by atoms with Crippen molar-refractivity contribution < 1.29 is 23.4 Å². The number of aromatic nitrogens is 2. The number of anilines is 3. The van der Waals surface area contributed by atoms with E-state index in [9.17, 15) is 9.18 Å². The van der Waals surface area contributed by atoms with E-state index in [-0.39, 0.29) is 16.4 Å². The van der Waals surface area contributed by atoms with E-state index in [2.05, 4.69) is 20.6 Å². The van der Waals surface area contributed by atoms with E-state index in [4.69, 9.17) is 25.8 Å². The number of nitrogens with zero attached hydrogens (tertiary/aromatic N) is 2. The highest BCUT2D eigenvalue weighted by atomic mass is 35.5. The van der Waals surface area contributed by atoms with Gasteiger partial charge in [0.15, 0.2) is 11.5 Å². The topological polar surface area (TPSA) is 94.6 Å². The lowest BCUT2D eigenvalue weighted by Gasteiger charge is -2.14. The molecule has 196 valence electrons. The van der Waals surface area contributed by atoms with Gasteiger partial charge in [0.05, 0.1) is 36.7 Å². The molecule has 0 aliphatic heterocycles. The van der Waals surface area contributed by atoms with Crippen LogP contribution in [0.2, 0.25) is 5.15 Å². The van der Waals surface area contributed by atoms with Gasteiger partial charge in [0.2, 0.25) is 0 Å². The Bertz CT molecular complexity index is 1660. The van der Waals surface area contributed by atoms with Gasteiger partial charge in [-0.1, -0.05) is 23.7 Å². The summed E-state index contributed by atoms with van der Waals surface area (Å²) in [6.07, 6.45) is 2.97. The van der Waals surface area contributed by atoms with Gasteiger partial charge >= 0.3 is 0 Å². The highest BCUT2D eigenvalue weighted by molar-refractivity contribution is 6.30. The molecule has 0 atom stereocenters. The standard InChI is InChI=1S/C29H22ClFN4O4/c1-37-26-13-19-23(14-27(26)38-2)32-12-11-25(19)39-18-9-7-17(8-10-18)34-29(36)20-16-33-28(30)15-24(20)35-22-6-4-3-5-21(22)31/h3-16H,1-2H3,(H,33,35)(H,34,36). The first-order valence-corrected chi connectivity index (χ1v) is 12.1. The molecule has 5 aromatic rings. The summed E-state index contributed by atoms with van der Waals surface area (Å²) in [6.45, 7) is 0. The van der Waals surface area contributed by atoms with Crippen molar-refractivity contribution in [1.82, 2.24) is 9.97 Å². The van der Waals surface area contributed by atoms with Gasteiger partial charge in [-0.25, -0.2) is 9.37 Å². The number of hydrogen-bond acceptors (Lipinski definition) is 7. The number of carbonyl (C=O) groups excluding carboxylic acids is 1. The average Bonchev–Trinajstić information content (AvgIpc) is 2.94. The first-order chi connectivity index (χ1) is 18.9. The molecule has 5 rings (SSSR count). The van der Waals surface area contributed by atoms with Crippen molar-refractivity contribution in [1.29, 1.82) is 0 Å². The Balaban J connectivity index is 1.34. The Morgan fingerprint density at radius 3 is 2.36 bits per heavy atom. The summed E-state index contributed by atoms with van der Waals surface area (Å²) in [5.74, 6) is 1.33. The molecule has 1 amide bonds. The van der Waals surface area contributed by atoms with Crippen molar-refractivity contribution in [3.8, 4) is 23.0 Å². The second-order valence-electron chi connectivity index (χ2n) is 8.27. The Kier molecular flexibility index (Phi) is 7.42. The number of rotatable bonds is 8. The molecular weight excluding hydrogens is 523 g/mol. The summed E-state index contributed by atoms with van der Waals surface area (Å²) in [7, 11) is 3.13. The van der Waals surface area contributed by atoms with Gasteiger partial charge in [-0.3, -0.25) is 9.78 Å². The normalized spacial score (nSPS) is 10.7. The monoisotopic (exact) mass is 544 g/mol. The van der Waals surface area contributed by atoms with Crippen molar-refractivity contribution in [3.63, 3.8) is 0 Å². The van der Waals surface area contributed by atoms with Crippen LogP contribution in [0.3, 0.4) is 0 Å². The molecule has 0 radical (unpaired) electrons. The maximum atomic E-state index is 14.2. The molecule has 2 N–H and O–H groups in total. The minimum Gasteiger partial charge on any atom is -0.493 e. The van der Waals surface area contributed by atoms with Crippen LogP contribution >= 0.6 is 11.6 Å². The second-order valence-corrected chi connectivity index (χ2v) is 8.66. The fourth-order valence-electron chi connectivity index (χ4n) is 3.89. The maximum absolute atomic E-state index is 14.2. The number of fused-ring (bicyclic) bond motifs is 1. The van der Waals surface area contributed by atoms with Gasteiger partial charge in [0, 0.05) is 29.5 Å². The van der Waals surface area contributed by atoms with Crippen LogP contribution in [0.25, 0.3) is 10.9 Å². The van der Waals surface area contributed by atoms with Crippen molar-refractivity contribution in [2.24, 2.45) is 0 Å². The lowest BCUT2D eigenvalue weighted by molar-refractivity contribution is 0.102. The summed E-state index contributed by atoms with van der Waals surface area (Å²) >= 11 is 6.03. The molecular formula is C29H22ClFN4O4. The van der Waals surface area contributed by atoms with E-state index in [0.29, 0.717) is 39.9 Å². The van der Waals surface area contributed by atoms with Gasteiger partial charge in [0.25, 0.3) is 5.91 Å². The third-order valence-corrected chi connectivity index (χ3v) is 6.01. The maximum Gasteiger partial charge on any atom is 0.259 e. The molecule has 3 aromatic carbocycles. The first kappa shape index (κ1) is 25.7. The van der Waals surface area contributed by atoms with Gasteiger partial charge in [0.1, 0.15) is 22.5 Å². The number of amides is 1. The summed E-state index contributed by atoms with van der Waals surface area (Å²) in [5.41, 5.74) is 1.91. The lowest BCUT2D eigenvalue weighted by Crippen LogP contribution is -2.14. The van der Waals surface area contributed by atoms with E-state index < -0.39 is 11.7 Å². The Morgan fingerprint density at radius 1 is 0.872 bits per heavy atom. The molecule has 0 saturated heterocycles. The third kappa shape index (κ3) is 5.68. The van der Waals surface area contributed by atoms with Crippen LogP contribution in [0.5, 0.6) is 23.0 Å². The van der Waals surface area contributed by atoms with Gasteiger partial charge < -0.3 is 24.8 Å². The lowest BCUT2D eigenvalue weighted by atomic mass is 10.1. The van der Waals surface area contributed by atoms with Crippen molar-refractivity contribution in [3.05, 3.63) is 102 Å². The van der Waals surface area contributed by atoms with E-state index in [1.54, 1.807) is 81.1 Å². The fourth-order valence-corrected chi connectivity index (χ4v) is 4.05. The summed E-state index contributed by atoms with van der Waals surface area (Å²) in [5, 5.41) is 6.63. The van der Waals surface area contributed by atoms with Crippen molar-refractivity contribution in [2.75, 3.05) is 24.9 Å². The molecule has 0 aliphatic carbocycles. The molecule has 39 heavy (non-hydrogen) atoms. The summed E-state index contributed by atoms with van der Waals surface area (Å²) < 4.78 is 31.0. The molecule has 0 saturated carbocycles. The zero-order chi connectivity index (χ0) is 27.4. The van der Waals surface area contributed by atoms with Crippen molar-refractivity contribution >= 4 is 45.5 Å². The summed E-state index contributed by atoms with van der Waals surface area (Å²) in [4.78, 5) is 21.5. The quantitative estimate of drug-likeness (QED) is 0.199. The van der Waals surface area contributed by atoms with E-state index in [1.807, 2.05) is 0 Å². The zero-order valence-electron chi connectivity index (χ0n) is 20.9. The largest absolute Gasteiger partial charge is 0.493 e. The molecule has 2 heterocycles. The summed E-state index contributed by atoms with van der Waals surface area (Å²) in [6, 6.07) is 19.8.